The maximum atomic E-state index is 5.28. The van der Waals surface area contributed by atoms with Gasteiger partial charge in [-0.25, -0.2) is 4.98 Å². The van der Waals surface area contributed by atoms with Crippen molar-refractivity contribution in [2.45, 2.75) is 26.9 Å². The first-order valence-corrected chi connectivity index (χ1v) is 9.35. The molecule has 0 amide bonds. The van der Waals surface area contributed by atoms with Crippen molar-refractivity contribution in [2.24, 2.45) is 4.99 Å². The molecular weight excluding hydrogens is 344 g/mol. The number of methoxy groups -OCH3 is 1. The van der Waals surface area contributed by atoms with Crippen molar-refractivity contribution in [1.29, 1.82) is 0 Å². The zero-order valence-electron chi connectivity index (χ0n) is 15.6. The van der Waals surface area contributed by atoms with Crippen molar-refractivity contribution in [3.63, 3.8) is 0 Å². The van der Waals surface area contributed by atoms with Crippen molar-refractivity contribution in [3.05, 3.63) is 57.5 Å². The van der Waals surface area contributed by atoms with E-state index in [2.05, 4.69) is 44.9 Å². The Morgan fingerprint density at radius 3 is 2.50 bits per heavy atom. The predicted molar refractivity (Wildman–Crippen MR) is 109 cm³/mol. The summed E-state index contributed by atoms with van der Waals surface area (Å²) < 4.78 is 5.28. The minimum atomic E-state index is 0.711. The van der Waals surface area contributed by atoms with E-state index in [0.29, 0.717) is 6.54 Å². The minimum absolute atomic E-state index is 0.711. The van der Waals surface area contributed by atoms with Gasteiger partial charge < -0.3 is 15.4 Å². The van der Waals surface area contributed by atoms with Crippen LogP contribution < -0.4 is 15.4 Å². The predicted octanol–water partition coefficient (Wildman–Crippen LogP) is 3.79. The van der Waals surface area contributed by atoms with Crippen molar-refractivity contribution in [2.75, 3.05) is 14.2 Å². The lowest BCUT2D eigenvalue weighted by atomic mass is 10.1. The number of benzene rings is 2. The zero-order valence-corrected chi connectivity index (χ0v) is 16.4. The maximum Gasteiger partial charge on any atom is 0.191 e. The van der Waals surface area contributed by atoms with Crippen molar-refractivity contribution < 1.29 is 4.74 Å². The SMILES string of the molecule is CN=C(NCc1ccc2cc(OC)ccc2c1)NCc1sc(C)nc1C. The Labute approximate surface area is 158 Å². The van der Waals surface area contributed by atoms with Crippen LogP contribution in [0.15, 0.2) is 41.4 Å². The van der Waals surface area contributed by atoms with Crippen LogP contribution in [0.3, 0.4) is 0 Å². The Balaban J connectivity index is 1.61. The topological polar surface area (TPSA) is 58.5 Å². The lowest BCUT2D eigenvalue weighted by Crippen LogP contribution is -2.36. The number of aromatic nitrogens is 1. The van der Waals surface area contributed by atoms with E-state index in [-0.39, 0.29) is 0 Å². The molecule has 0 aliphatic rings. The largest absolute Gasteiger partial charge is 0.497 e. The maximum absolute atomic E-state index is 5.28. The molecule has 136 valence electrons. The molecule has 0 atom stereocenters. The molecular formula is C20H24N4OS. The summed E-state index contributed by atoms with van der Waals surface area (Å²) in [4.78, 5) is 10.0. The second-order valence-corrected chi connectivity index (χ2v) is 7.36. The molecule has 0 aliphatic heterocycles. The summed E-state index contributed by atoms with van der Waals surface area (Å²) >= 11 is 1.72. The first-order chi connectivity index (χ1) is 12.6. The summed E-state index contributed by atoms with van der Waals surface area (Å²) in [6.45, 7) is 5.52. The average Bonchev–Trinajstić information content (AvgIpc) is 2.98. The van der Waals surface area contributed by atoms with E-state index in [9.17, 15) is 0 Å². The Morgan fingerprint density at radius 1 is 1.08 bits per heavy atom. The molecule has 0 spiro atoms. The summed E-state index contributed by atoms with van der Waals surface area (Å²) in [5.74, 6) is 1.66. The van der Waals surface area contributed by atoms with Gasteiger partial charge in [0, 0.05) is 18.5 Å². The normalized spacial score (nSPS) is 11.6. The molecule has 2 aromatic carbocycles. The molecule has 3 rings (SSSR count). The Hall–Kier alpha value is -2.60. The Bertz CT molecular complexity index is 933. The molecule has 6 heteroatoms. The molecule has 3 aromatic rings. The summed E-state index contributed by atoms with van der Waals surface area (Å²) in [7, 11) is 3.47. The second kappa shape index (κ2) is 8.19. The molecule has 26 heavy (non-hydrogen) atoms. The van der Waals surface area contributed by atoms with Crippen LogP contribution >= 0.6 is 11.3 Å². The number of ether oxygens (including phenoxy) is 1. The van der Waals surface area contributed by atoms with Gasteiger partial charge >= 0.3 is 0 Å². The molecule has 0 saturated carbocycles. The zero-order chi connectivity index (χ0) is 18.5. The number of thiazole rings is 1. The van der Waals surface area contributed by atoms with Gasteiger partial charge in [0.05, 0.1) is 24.4 Å². The van der Waals surface area contributed by atoms with Crippen LogP contribution in [0, 0.1) is 13.8 Å². The van der Waals surface area contributed by atoms with Gasteiger partial charge in [0.15, 0.2) is 5.96 Å². The fourth-order valence-electron chi connectivity index (χ4n) is 2.82. The highest BCUT2D eigenvalue weighted by Crippen LogP contribution is 2.22. The fraction of sp³-hybridized carbons (Fsp3) is 0.300. The molecule has 2 N–H and O–H groups in total. The number of hydrogen-bond acceptors (Lipinski definition) is 4. The van der Waals surface area contributed by atoms with E-state index in [0.717, 1.165) is 29.0 Å². The lowest BCUT2D eigenvalue weighted by Gasteiger charge is -2.12. The van der Waals surface area contributed by atoms with Gasteiger partial charge in [-0.15, -0.1) is 11.3 Å². The molecule has 0 fully saturated rings. The first-order valence-electron chi connectivity index (χ1n) is 8.53. The summed E-state index contributed by atoms with van der Waals surface area (Å²) in [5.41, 5.74) is 2.29. The smallest absolute Gasteiger partial charge is 0.191 e. The van der Waals surface area contributed by atoms with E-state index in [1.165, 1.54) is 21.2 Å². The summed E-state index contributed by atoms with van der Waals surface area (Å²) in [5, 5.41) is 10.2. The number of fused-ring (bicyclic) bond motifs is 1. The van der Waals surface area contributed by atoms with Crippen LogP contribution in [0.1, 0.15) is 21.1 Å². The number of rotatable bonds is 5. The van der Waals surface area contributed by atoms with Gasteiger partial charge in [-0.2, -0.15) is 0 Å². The van der Waals surface area contributed by atoms with E-state index in [1.807, 2.05) is 26.0 Å². The van der Waals surface area contributed by atoms with Gasteiger partial charge in [0.25, 0.3) is 0 Å². The quantitative estimate of drug-likeness (QED) is 0.531. The standard InChI is InChI=1S/C20H24N4OS/c1-13-19(26-14(2)24-13)12-23-20(21-3)22-11-15-5-6-17-10-18(25-4)8-7-16(17)9-15/h5-10H,11-12H2,1-4H3,(H2,21,22,23). The highest BCUT2D eigenvalue weighted by molar-refractivity contribution is 7.11. The lowest BCUT2D eigenvalue weighted by molar-refractivity contribution is 0.415. The van der Waals surface area contributed by atoms with Crippen LogP contribution in [-0.2, 0) is 13.1 Å². The fourth-order valence-corrected chi connectivity index (χ4v) is 3.69. The molecule has 0 aliphatic carbocycles. The number of nitrogens with zero attached hydrogens (tertiary/aromatic N) is 2. The van der Waals surface area contributed by atoms with Crippen LogP contribution in [0.5, 0.6) is 5.75 Å². The Kier molecular flexibility index (Phi) is 5.73. The Morgan fingerprint density at radius 2 is 1.81 bits per heavy atom. The number of aryl methyl sites for hydroxylation is 2. The summed E-state index contributed by atoms with van der Waals surface area (Å²) in [6, 6.07) is 12.5. The monoisotopic (exact) mass is 368 g/mol. The molecule has 0 bridgehead atoms. The number of guanidine groups is 1. The minimum Gasteiger partial charge on any atom is -0.497 e. The van der Waals surface area contributed by atoms with Gasteiger partial charge in [-0.05, 0) is 48.4 Å². The summed E-state index contributed by atoms with van der Waals surface area (Å²) in [6.07, 6.45) is 0. The molecule has 1 aromatic heterocycles. The number of hydrogen-bond donors (Lipinski definition) is 2. The first kappa shape index (κ1) is 18.2. The van der Waals surface area contributed by atoms with Crippen molar-refractivity contribution >= 4 is 28.1 Å². The third-order valence-corrected chi connectivity index (χ3v) is 5.28. The highest BCUT2D eigenvalue weighted by atomic mass is 32.1. The highest BCUT2D eigenvalue weighted by Gasteiger charge is 2.06. The van der Waals surface area contributed by atoms with E-state index >= 15 is 0 Å². The number of aliphatic imine (C=N–C) groups is 1. The van der Waals surface area contributed by atoms with E-state index in [4.69, 9.17) is 4.74 Å². The number of nitrogens with one attached hydrogen (secondary N) is 2. The van der Waals surface area contributed by atoms with Crippen LogP contribution in [0.2, 0.25) is 0 Å². The van der Waals surface area contributed by atoms with E-state index in [1.54, 1.807) is 25.5 Å². The van der Waals surface area contributed by atoms with Gasteiger partial charge in [0.2, 0.25) is 0 Å². The molecule has 5 nitrogen and oxygen atoms in total. The molecule has 1 heterocycles. The van der Waals surface area contributed by atoms with Crippen LogP contribution in [0.25, 0.3) is 10.8 Å². The van der Waals surface area contributed by atoms with Crippen LogP contribution in [-0.4, -0.2) is 25.1 Å². The molecule has 0 radical (unpaired) electrons. The van der Waals surface area contributed by atoms with Gasteiger partial charge in [0.1, 0.15) is 5.75 Å². The third kappa shape index (κ3) is 4.32. The second-order valence-electron chi connectivity index (χ2n) is 6.07. The molecule has 0 unspecified atom stereocenters. The van der Waals surface area contributed by atoms with Gasteiger partial charge in [-0.1, -0.05) is 18.2 Å². The van der Waals surface area contributed by atoms with Crippen LogP contribution in [0.4, 0.5) is 0 Å². The van der Waals surface area contributed by atoms with Gasteiger partial charge in [-0.3, -0.25) is 4.99 Å². The average molecular weight is 369 g/mol. The van der Waals surface area contributed by atoms with Crippen molar-refractivity contribution in [3.8, 4) is 5.75 Å². The molecule has 0 saturated heterocycles. The third-order valence-electron chi connectivity index (χ3n) is 4.21. The van der Waals surface area contributed by atoms with Crippen molar-refractivity contribution in [1.82, 2.24) is 15.6 Å². The van der Waals surface area contributed by atoms with E-state index < -0.39 is 0 Å².